The van der Waals surface area contributed by atoms with Crippen molar-refractivity contribution in [2.45, 2.75) is 18.3 Å². The van der Waals surface area contributed by atoms with Crippen LogP contribution in [-0.2, 0) is 11.8 Å². The summed E-state index contributed by atoms with van der Waals surface area (Å²) in [6.45, 7) is 0. The van der Waals surface area contributed by atoms with E-state index in [9.17, 15) is 0 Å². The zero-order valence-corrected chi connectivity index (χ0v) is 34.6. The fourth-order valence-corrected chi connectivity index (χ4v) is 11.0. The number of hydrogen-bond donors (Lipinski definition) is 0. The van der Waals surface area contributed by atoms with Crippen LogP contribution >= 0.6 is 0 Å². The summed E-state index contributed by atoms with van der Waals surface area (Å²) in [5.74, 6) is 3.63. The van der Waals surface area contributed by atoms with Gasteiger partial charge >= 0.3 is 0 Å². The Balaban J connectivity index is 1.02. The molecule has 6 nitrogen and oxygen atoms in total. The lowest BCUT2D eigenvalue weighted by atomic mass is 9.61. The summed E-state index contributed by atoms with van der Waals surface area (Å²) in [4.78, 5) is 15.2. The molecule has 8 aromatic carbocycles. The Hall–Kier alpha value is -8.35. The largest absolute Gasteiger partial charge is 0.457 e. The molecule has 64 heavy (non-hydrogen) atoms. The number of hydrogen-bond acceptors (Lipinski definition) is 4. The maximum atomic E-state index is 7.13. The van der Waals surface area contributed by atoms with Crippen LogP contribution in [0.1, 0.15) is 39.9 Å². The minimum Gasteiger partial charge on any atom is -0.457 e. The number of aromatic nitrogens is 5. The van der Waals surface area contributed by atoms with Gasteiger partial charge < -0.3 is 13.9 Å². The topological polar surface area (TPSA) is 57.8 Å². The van der Waals surface area contributed by atoms with Gasteiger partial charge in [-0.05, 0) is 72.0 Å². The summed E-state index contributed by atoms with van der Waals surface area (Å²) in [6, 6.07) is 67.1. The van der Waals surface area contributed by atoms with E-state index in [4.69, 9.17) is 19.7 Å². The quantitative estimate of drug-likeness (QED) is 0.177. The number of nitrogens with zero attached hydrogens (tertiary/aromatic N) is 5. The molecule has 300 valence electrons. The molecule has 3 aromatic heterocycles. The third kappa shape index (κ3) is 4.82. The normalized spacial score (nSPS) is 15.5. The van der Waals surface area contributed by atoms with E-state index < -0.39 is 5.41 Å². The predicted octanol–water partition coefficient (Wildman–Crippen LogP) is 13.7. The zero-order valence-electron chi connectivity index (χ0n) is 34.6. The second-order valence-electron chi connectivity index (χ2n) is 17.0. The Morgan fingerprint density at radius 3 is 1.91 bits per heavy atom. The van der Waals surface area contributed by atoms with E-state index in [2.05, 4.69) is 149 Å². The van der Waals surface area contributed by atoms with Crippen LogP contribution in [0.2, 0.25) is 0 Å². The third-order valence-corrected chi connectivity index (χ3v) is 13.7. The van der Waals surface area contributed by atoms with Crippen molar-refractivity contribution in [2.24, 2.45) is 0 Å². The predicted molar refractivity (Wildman–Crippen MR) is 257 cm³/mol. The Morgan fingerprint density at radius 2 is 1.09 bits per heavy atom. The summed E-state index contributed by atoms with van der Waals surface area (Å²) < 4.78 is 12.0. The molecular weight excluding hydrogens is 783 g/mol. The van der Waals surface area contributed by atoms with E-state index in [1.807, 2.05) is 60.7 Å². The molecule has 1 unspecified atom stereocenters. The zero-order chi connectivity index (χ0) is 41.9. The highest BCUT2D eigenvalue weighted by molar-refractivity contribution is 6.12. The smallest absolute Gasteiger partial charge is 0.164 e. The van der Waals surface area contributed by atoms with E-state index >= 15 is 0 Å². The van der Waals surface area contributed by atoms with Crippen LogP contribution < -0.4 is 4.74 Å². The van der Waals surface area contributed by atoms with Crippen molar-refractivity contribution in [3.05, 3.63) is 228 Å². The van der Waals surface area contributed by atoms with Crippen molar-refractivity contribution in [2.75, 3.05) is 0 Å². The maximum absolute atomic E-state index is 7.13. The molecule has 3 aliphatic rings. The van der Waals surface area contributed by atoms with E-state index in [1.165, 1.54) is 55.3 Å². The molecule has 2 aliphatic heterocycles. The highest BCUT2D eigenvalue weighted by atomic mass is 16.5. The summed E-state index contributed by atoms with van der Waals surface area (Å²) in [5, 5.41) is 3.75. The van der Waals surface area contributed by atoms with Gasteiger partial charge in [0, 0.05) is 61.4 Å². The minimum absolute atomic E-state index is 0.622. The van der Waals surface area contributed by atoms with Gasteiger partial charge in [-0.2, -0.15) is 0 Å². The first-order valence-corrected chi connectivity index (χ1v) is 22.0. The van der Waals surface area contributed by atoms with Crippen LogP contribution in [0.5, 0.6) is 11.5 Å². The van der Waals surface area contributed by atoms with E-state index in [1.54, 1.807) is 0 Å². The van der Waals surface area contributed by atoms with Crippen LogP contribution in [0.4, 0.5) is 0 Å². The molecule has 14 rings (SSSR count). The van der Waals surface area contributed by atoms with Gasteiger partial charge in [-0.1, -0.05) is 152 Å². The number of aryl methyl sites for hydroxylation is 1. The van der Waals surface area contributed by atoms with E-state index in [0.717, 1.165) is 63.4 Å². The van der Waals surface area contributed by atoms with Gasteiger partial charge in [0.05, 0.1) is 27.7 Å². The summed E-state index contributed by atoms with van der Waals surface area (Å²) in [7, 11) is 0. The molecule has 5 heterocycles. The lowest BCUT2D eigenvalue weighted by Crippen LogP contribution is -2.37. The number of para-hydroxylation sites is 4. The number of rotatable bonds is 4. The van der Waals surface area contributed by atoms with Gasteiger partial charge in [-0.25, -0.2) is 15.0 Å². The Morgan fingerprint density at radius 1 is 0.453 bits per heavy atom. The summed E-state index contributed by atoms with van der Waals surface area (Å²) in [5.41, 5.74) is 15.3. The van der Waals surface area contributed by atoms with Crippen molar-refractivity contribution in [3.63, 3.8) is 0 Å². The molecule has 1 spiro atoms. The van der Waals surface area contributed by atoms with Gasteiger partial charge in [0.15, 0.2) is 17.5 Å². The van der Waals surface area contributed by atoms with Crippen LogP contribution in [0, 0.1) is 0 Å². The SMILES string of the molecule is C1=Cc2c(c3cc4c(cc3n2-c2cccc(-c3nc(-c5ccccc5)nc(-c5ccccc5)n3)c2)Oc2ccccc2C42c3ccccc3-n3c4ccccc4c4cccc2c43)CC1. The van der Waals surface area contributed by atoms with Gasteiger partial charge in [-0.15, -0.1) is 0 Å². The standard InChI is InChI=1S/C58H37N5O/c1-3-17-36(18-4-1)55-59-56(37-19-5-2-6-20-37)61-57(60-55)38-21-15-22-39(33-38)62-48-29-11-8-24-41(48)43-34-47-53(35-51(43)62)64-52-32-14-10-27-45(52)58(47)44-26-9-13-31-50(44)63-49-30-12-7-23-40(49)42-25-16-28-46(58)54(42)63/h1-7,9-23,25-35H,8,24H2. The highest BCUT2D eigenvalue weighted by Gasteiger charge is 2.50. The summed E-state index contributed by atoms with van der Waals surface area (Å²) >= 11 is 0. The average molecular weight is 820 g/mol. The fourth-order valence-electron chi connectivity index (χ4n) is 11.0. The Labute approximate surface area is 369 Å². The fraction of sp³-hybridized carbons (Fsp3) is 0.0517. The van der Waals surface area contributed by atoms with Gasteiger partial charge in [0.1, 0.15) is 11.5 Å². The lowest BCUT2D eigenvalue weighted by molar-refractivity contribution is 0.434. The minimum atomic E-state index is -0.649. The van der Waals surface area contributed by atoms with Crippen molar-refractivity contribution >= 4 is 38.8 Å². The second-order valence-corrected chi connectivity index (χ2v) is 17.0. The van der Waals surface area contributed by atoms with Crippen molar-refractivity contribution in [1.29, 1.82) is 0 Å². The number of benzene rings is 8. The van der Waals surface area contributed by atoms with Crippen LogP contribution in [0.15, 0.2) is 194 Å². The Kier molecular flexibility index (Phi) is 7.34. The molecule has 0 saturated carbocycles. The molecule has 11 aromatic rings. The van der Waals surface area contributed by atoms with E-state index in [0.29, 0.717) is 17.5 Å². The first-order chi connectivity index (χ1) is 31.7. The van der Waals surface area contributed by atoms with Crippen LogP contribution in [0.25, 0.3) is 84.3 Å². The van der Waals surface area contributed by atoms with Crippen molar-refractivity contribution in [1.82, 2.24) is 24.1 Å². The van der Waals surface area contributed by atoms with Crippen LogP contribution in [0.3, 0.4) is 0 Å². The number of fused-ring (bicyclic) bond motifs is 14. The molecule has 0 bridgehead atoms. The van der Waals surface area contributed by atoms with Gasteiger partial charge in [0.25, 0.3) is 0 Å². The van der Waals surface area contributed by atoms with Gasteiger partial charge in [0.2, 0.25) is 0 Å². The molecular formula is C58H37N5O. The Bertz CT molecular complexity index is 3710. The molecule has 0 fully saturated rings. The van der Waals surface area contributed by atoms with Crippen molar-refractivity contribution < 1.29 is 4.74 Å². The second kappa shape index (κ2) is 13.3. The lowest BCUT2D eigenvalue weighted by Gasteiger charge is -2.45. The number of allylic oxidation sites excluding steroid dienone is 1. The van der Waals surface area contributed by atoms with Gasteiger partial charge in [-0.3, -0.25) is 0 Å². The summed E-state index contributed by atoms with van der Waals surface area (Å²) in [6.07, 6.45) is 6.52. The molecule has 1 atom stereocenters. The van der Waals surface area contributed by atoms with Crippen molar-refractivity contribution in [3.8, 4) is 57.0 Å². The highest BCUT2D eigenvalue weighted by Crippen LogP contribution is 2.61. The first kappa shape index (κ1) is 35.3. The van der Waals surface area contributed by atoms with Crippen LogP contribution in [-0.4, -0.2) is 24.1 Å². The molecule has 0 amide bonds. The number of ether oxygens (including phenoxy) is 1. The molecule has 0 radical (unpaired) electrons. The third-order valence-electron chi connectivity index (χ3n) is 13.7. The molecule has 0 saturated heterocycles. The molecule has 0 N–H and O–H groups in total. The first-order valence-electron chi connectivity index (χ1n) is 22.0. The monoisotopic (exact) mass is 819 g/mol. The molecule has 6 heteroatoms. The average Bonchev–Trinajstić information content (AvgIpc) is 3.88. The maximum Gasteiger partial charge on any atom is 0.164 e. The van der Waals surface area contributed by atoms with E-state index in [-0.39, 0.29) is 0 Å². The molecule has 1 aliphatic carbocycles.